The Kier molecular flexibility index (Phi) is 8.20. The van der Waals surface area contributed by atoms with Gasteiger partial charge in [0.25, 0.3) is 0 Å². The molecular formula is C26H25F2N3O3S. The van der Waals surface area contributed by atoms with Gasteiger partial charge in [0.2, 0.25) is 0 Å². The molecule has 0 spiro atoms. The highest BCUT2D eigenvalue weighted by atomic mass is 32.2. The molecular weight excluding hydrogens is 472 g/mol. The number of thioether (sulfide) groups is 1. The van der Waals surface area contributed by atoms with E-state index in [-0.39, 0.29) is 11.5 Å². The standard InChI is InChI=1S/C26H25F2N3O3S/c1-32-21-11-7-6-10-20(21)24-29-30-26(31(24)15-14-18-8-4-3-5-9-18)35-17-19-12-13-22(34-25(27)28)23(16-19)33-2/h3-13,16,25H,14-15,17H2,1-2H3. The van der Waals surface area contributed by atoms with E-state index in [4.69, 9.17) is 9.47 Å². The Morgan fingerprint density at radius 2 is 1.57 bits per heavy atom. The van der Waals surface area contributed by atoms with Crippen LogP contribution in [0.3, 0.4) is 0 Å². The van der Waals surface area contributed by atoms with Crippen LogP contribution in [0.1, 0.15) is 11.1 Å². The minimum atomic E-state index is -2.92. The number of aryl methyl sites for hydroxylation is 1. The van der Waals surface area contributed by atoms with Gasteiger partial charge in [0.1, 0.15) is 5.75 Å². The van der Waals surface area contributed by atoms with Crippen molar-refractivity contribution in [3.05, 3.63) is 83.9 Å². The highest BCUT2D eigenvalue weighted by Crippen LogP contribution is 2.34. The largest absolute Gasteiger partial charge is 0.496 e. The summed E-state index contributed by atoms with van der Waals surface area (Å²) in [7, 11) is 3.05. The van der Waals surface area contributed by atoms with Crippen LogP contribution in [0.25, 0.3) is 11.4 Å². The summed E-state index contributed by atoms with van der Waals surface area (Å²) in [6.07, 6.45) is 0.808. The summed E-state index contributed by atoms with van der Waals surface area (Å²) in [5.74, 6) is 2.24. The van der Waals surface area contributed by atoms with Crippen molar-refractivity contribution in [2.45, 2.75) is 30.5 Å². The average molecular weight is 498 g/mol. The van der Waals surface area contributed by atoms with Gasteiger partial charge in [0, 0.05) is 12.3 Å². The quantitative estimate of drug-likeness (QED) is 0.234. The average Bonchev–Trinajstić information content (AvgIpc) is 3.29. The zero-order chi connectivity index (χ0) is 24.6. The summed E-state index contributed by atoms with van der Waals surface area (Å²) in [5, 5.41) is 9.69. The SMILES string of the molecule is COc1cc(CSc2nnc(-c3ccccc3OC)n2CCc2ccccc2)ccc1OC(F)F. The van der Waals surface area contributed by atoms with E-state index in [0.717, 1.165) is 34.3 Å². The third-order valence-electron chi connectivity index (χ3n) is 5.34. The van der Waals surface area contributed by atoms with E-state index < -0.39 is 6.61 Å². The Morgan fingerprint density at radius 3 is 2.31 bits per heavy atom. The number of nitrogens with zero attached hydrogens (tertiary/aromatic N) is 3. The monoisotopic (exact) mass is 497 g/mol. The van der Waals surface area contributed by atoms with Crippen LogP contribution in [0.5, 0.6) is 17.2 Å². The fraction of sp³-hybridized carbons (Fsp3) is 0.231. The second-order valence-electron chi connectivity index (χ2n) is 7.55. The first kappa shape index (κ1) is 24.5. The van der Waals surface area contributed by atoms with Crippen molar-refractivity contribution in [3.8, 4) is 28.6 Å². The molecule has 0 saturated carbocycles. The molecule has 0 aliphatic carbocycles. The summed E-state index contributed by atoms with van der Waals surface area (Å²) in [4.78, 5) is 0. The van der Waals surface area contributed by atoms with Crippen molar-refractivity contribution < 1.29 is 23.0 Å². The first-order valence-electron chi connectivity index (χ1n) is 10.9. The van der Waals surface area contributed by atoms with Gasteiger partial charge < -0.3 is 18.8 Å². The summed E-state index contributed by atoms with van der Waals surface area (Å²) in [6, 6.07) is 22.8. The van der Waals surface area contributed by atoms with Crippen molar-refractivity contribution in [3.63, 3.8) is 0 Å². The lowest BCUT2D eigenvalue weighted by molar-refractivity contribution is -0.0512. The topological polar surface area (TPSA) is 58.4 Å². The highest BCUT2D eigenvalue weighted by Gasteiger charge is 2.18. The van der Waals surface area contributed by atoms with Gasteiger partial charge in [-0.3, -0.25) is 0 Å². The number of halogens is 2. The number of hydrogen-bond donors (Lipinski definition) is 0. The number of ether oxygens (including phenoxy) is 3. The molecule has 182 valence electrons. The molecule has 4 rings (SSSR count). The molecule has 1 aromatic heterocycles. The minimum absolute atomic E-state index is 0.000682. The third kappa shape index (κ3) is 6.10. The van der Waals surface area contributed by atoms with E-state index >= 15 is 0 Å². The molecule has 9 heteroatoms. The molecule has 0 amide bonds. The Morgan fingerprint density at radius 1 is 0.829 bits per heavy atom. The van der Waals surface area contributed by atoms with Crippen LogP contribution < -0.4 is 14.2 Å². The van der Waals surface area contributed by atoms with Crippen molar-refractivity contribution in [2.24, 2.45) is 0 Å². The maximum atomic E-state index is 12.6. The maximum absolute atomic E-state index is 12.6. The predicted molar refractivity (Wildman–Crippen MR) is 131 cm³/mol. The lowest BCUT2D eigenvalue weighted by Crippen LogP contribution is -2.06. The number of aromatic nitrogens is 3. The molecule has 6 nitrogen and oxygen atoms in total. The maximum Gasteiger partial charge on any atom is 0.387 e. The van der Waals surface area contributed by atoms with Gasteiger partial charge in [-0.25, -0.2) is 0 Å². The summed E-state index contributed by atoms with van der Waals surface area (Å²) < 4.78 is 42.6. The summed E-state index contributed by atoms with van der Waals surface area (Å²) in [6.45, 7) is -2.24. The molecule has 0 radical (unpaired) electrons. The molecule has 3 aromatic carbocycles. The van der Waals surface area contributed by atoms with Gasteiger partial charge in [0.05, 0.1) is 19.8 Å². The Hall–Kier alpha value is -3.59. The smallest absolute Gasteiger partial charge is 0.387 e. The van der Waals surface area contributed by atoms with Crippen LogP contribution in [0.15, 0.2) is 78.0 Å². The number of methoxy groups -OCH3 is 2. The van der Waals surface area contributed by atoms with Gasteiger partial charge in [-0.2, -0.15) is 8.78 Å². The Labute approximate surface area is 206 Å². The van der Waals surface area contributed by atoms with E-state index in [1.54, 1.807) is 19.2 Å². The number of hydrogen-bond acceptors (Lipinski definition) is 6. The van der Waals surface area contributed by atoms with E-state index in [1.807, 2.05) is 42.5 Å². The van der Waals surface area contributed by atoms with Crippen LogP contribution in [0.4, 0.5) is 8.78 Å². The van der Waals surface area contributed by atoms with E-state index in [2.05, 4.69) is 31.6 Å². The molecule has 0 aliphatic rings. The lowest BCUT2D eigenvalue weighted by atomic mass is 10.1. The van der Waals surface area contributed by atoms with Crippen LogP contribution in [0.2, 0.25) is 0 Å². The van der Waals surface area contributed by atoms with Crippen LogP contribution >= 0.6 is 11.8 Å². The van der Waals surface area contributed by atoms with Gasteiger partial charge in [0.15, 0.2) is 22.5 Å². The molecule has 0 aliphatic heterocycles. The van der Waals surface area contributed by atoms with Crippen molar-refractivity contribution in [2.75, 3.05) is 14.2 Å². The zero-order valence-electron chi connectivity index (χ0n) is 19.4. The van der Waals surface area contributed by atoms with Crippen molar-refractivity contribution in [1.29, 1.82) is 0 Å². The molecule has 0 fully saturated rings. The number of rotatable bonds is 11. The normalized spacial score (nSPS) is 11.0. The Bertz CT molecular complexity index is 1250. The molecule has 0 unspecified atom stereocenters. The lowest BCUT2D eigenvalue weighted by Gasteiger charge is -2.13. The summed E-state index contributed by atoms with van der Waals surface area (Å²) >= 11 is 1.51. The van der Waals surface area contributed by atoms with E-state index in [1.165, 1.54) is 30.5 Å². The molecule has 0 bridgehead atoms. The van der Waals surface area contributed by atoms with Crippen LogP contribution in [-0.4, -0.2) is 35.6 Å². The van der Waals surface area contributed by atoms with Gasteiger partial charge >= 0.3 is 6.61 Å². The van der Waals surface area contributed by atoms with Crippen molar-refractivity contribution >= 4 is 11.8 Å². The third-order valence-corrected chi connectivity index (χ3v) is 6.38. The number of benzene rings is 3. The van der Waals surface area contributed by atoms with Crippen molar-refractivity contribution in [1.82, 2.24) is 14.8 Å². The molecule has 0 saturated heterocycles. The zero-order valence-corrected chi connectivity index (χ0v) is 20.2. The molecule has 0 N–H and O–H groups in total. The second kappa shape index (κ2) is 11.7. The first-order chi connectivity index (χ1) is 17.1. The highest BCUT2D eigenvalue weighted by molar-refractivity contribution is 7.98. The fourth-order valence-corrected chi connectivity index (χ4v) is 4.56. The van der Waals surface area contributed by atoms with Gasteiger partial charge in [-0.15, -0.1) is 10.2 Å². The first-order valence-corrected chi connectivity index (χ1v) is 11.9. The van der Waals surface area contributed by atoms with Crippen LogP contribution in [0, 0.1) is 0 Å². The molecule has 0 atom stereocenters. The summed E-state index contributed by atoms with van der Waals surface area (Å²) in [5.41, 5.74) is 2.95. The van der Waals surface area contributed by atoms with Gasteiger partial charge in [-0.1, -0.05) is 60.3 Å². The number of alkyl halides is 2. The fourth-order valence-electron chi connectivity index (χ4n) is 3.65. The predicted octanol–water partition coefficient (Wildman–Crippen LogP) is 6.10. The second-order valence-corrected chi connectivity index (χ2v) is 8.49. The molecule has 1 heterocycles. The molecule has 4 aromatic rings. The van der Waals surface area contributed by atoms with Gasteiger partial charge in [-0.05, 0) is 41.8 Å². The number of para-hydroxylation sites is 1. The van der Waals surface area contributed by atoms with E-state index in [0.29, 0.717) is 12.3 Å². The Balaban J connectivity index is 1.60. The molecule has 35 heavy (non-hydrogen) atoms. The van der Waals surface area contributed by atoms with Crippen LogP contribution in [-0.2, 0) is 18.7 Å². The minimum Gasteiger partial charge on any atom is -0.496 e. The van der Waals surface area contributed by atoms with E-state index in [9.17, 15) is 8.78 Å².